The van der Waals surface area contributed by atoms with Crippen LogP contribution in [0.4, 0.5) is 5.82 Å². The molecule has 0 fully saturated rings. The molecule has 0 saturated heterocycles. The van der Waals surface area contributed by atoms with Crippen molar-refractivity contribution < 1.29 is 0 Å². The Labute approximate surface area is 92.7 Å². The lowest BCUT2D eigenvalue weighted by atomic mass is 10.0. The lowest BCUT2D eigenvalue weighted by Crippen LogP contribution is -2.13. The molecule has 0 atom stereocenters. The van der Waals surface area contributed by atoms with Gasteiger partial charge in [-0.2, -0.15) is 5.10 Å². The first-order valence-corrected chi connectivity index (χ1v) is 6.00. The second-order valence-corrected chi connectivity index (χ2v) is 4.09. The Kier molecular flexibility index (Phi) is 4.66. The van der Waals surface area contributed by atoms with Gasteiger partial charge in [0, 0.05) is 17.8 Å². The van der Waals surface area contributed by atoms with Gasteiger partial charge in [0.1, 0.15) is 0 Å². The van der Waals surface area contributed by atoms with E-state index < -0.39 is 0 Å². The number of H-pyrrole nitrogens is 1. The third-order valence-electron chi connectivity index (χ3n) is 3.18. The maximum atomic E-state index is 4.29. The quantitative estimate of drug-likeness (QED) is 0.755. The monoisotopic (exact) mass is 209 g/mol. The summed E-state index contributed by atoms with van der Waals surface area (Å²) in [5, 5.41) is 10.8. The summed E-state index contributed by atoms with van der Waals surface area (Å²) in [6.07, 6.45) is 3.48. The van der Waals surface area contributed by atoms with Crippen molar-refractivity contribution in [3.63, 3.8) is 0 Å². The average Bonchev–Trinajstić information content (AvgIpc) is 2.61. The van der Waals surface area contributed by atoms with E-state index in [0.717, 1.165) is 24.7 Å². The van der Waals surface area contributed by atoms with E-state index in [0.29, 0.717) is 0 Å². The number of anilines is 1. The Morgan fingerprint density at radius 3 is 2.40 bits per heavy atom. The van der Waals surface area contributed by atoms with Gasteiger partial charge in [0.25, 0.3) is 0 Å². The molecule has 0 saturated carbocycles. The molecule has 0 aromatic carbocycles. The van der Waals surface area contributed by atoms with Crippen LogP contribution in [0.1, 0.15) is 44.9 Å². The standard InChI is InChI=1S/C12H23N3/c1-5-10(6-2)8-13-12-9(4)11(7-3)14-15-12/h10H,5-8H2,1-4H3,(H2,13,14,15). The highest BCUT2D eigenvalue weighted by molar-refractivity contribution is 5.45. The predicted octanol–water partition coefficient (Wildman–Crippen LogP) is 3.13. The van der Waals surface area contributed by atoms with E-state index in [4.69, 9.17) is 0 Å². The van der Waals surface area contributed by atoms with Gasteiger partial charge in [-0.3, -0.25) is 5.10 Å². The molecule has 86 valence electrons. The van der Waals surface area contributed by atoms with Crippen LogP contribution >= 0.6 is 0 Å². The molecule has 0 amide bonds. The molecule has 3 heteroatoms. The highest BCUT2D eigenvalue weighted by Gasteiger charge is 2.08. The first-order valence-electron chi connectivity index (χ1n) is 6.00. The largest absolute Gasteiger partial charge is 0.368 e. The minimum Gasteiger partial charge on any atom is -0.368 e. The van der Waals surface area contributed by atoms with E-state index in [-0.39, 0.29) is 0 Å². The van der Waals surface area contributed by atoms with Gasteiger partial charge in [-0.25, -0.2) is 0 Å². The molecule has 1 aromatic rings. The Morgan fingerprint density at radius 2 is 1.93 bits per heavy atom. The van der Waals surface area contributed by atoms with E-state index in [1.807, 2.05) is 0 Å². The van der Waals surface area contributed by atoms with Crippen LogP contribution in [-0.2, 0) is 6.42 Å². The van der Waals surface area contributed by atoms with Crippen LogP contribution in [0.2, 0.25) is 0 Å². The van der Waals surface area contributed by atoms with Crippen molar-refractivity contribution in [2.24, 2.45) is 5.92 Å². The van der Waals surface area contributed by atoms with E-state index in [9.17, 15) is 0 Å². The number of nitrogens with one attached hydrogen (secondary N) is 2. The van der Waals surface area contributed by atoms with Crippen molar-refractivity contribution in [3.8, 4) is 0 Å². The van der Waals surface area contributed by atoms with Crippen LogP contribution < -0.4 is 5.32 Å². The van der Waals surface area contributed by atoms with E-state index in [2.05, 4.69) is 43.2 Å². The second-order valence-electron chi connectivity index (χ2n) is 4.09. The van der Waals surface area contributed by atoms with Gasteiger partial charge in [0.15, 0.2) is 5.82 Å². The molecule has 15 heavy (non-hydrogen) atoms. The first-order chi connectivity index (χ1) is 7.22. The molecule has 0 spiro atoms. The molecule has 0 aliphatic rings. The fourth-order valence-corrected chi connectivity index (χ4v) is 1.77. The number of hydrogen-bond acceptors (Lipinski definition) is 2. The van der Waals surface area contributed by atoms with Crippen molar-refractivity contribution in [2.45, 2.75) is 47.0 Å². The molecule has 1 rings (SSSR count). The van der Waals surface area contributed by atoms with Gasteiger partial charge >= 0.3 is 0 Å². The summed E-state index contributed by atoms with van der Waals surface area (Å²) in [4.78, 5) is 0. The maximum absolute atomic E-state index is 4.29. The number of aromatic amines is 1. The molecule has 0 aliphatic heterocycles. The number of aryl methyl sites for hydroxylation is 1. The minimum atomic E-state index is 0.756. The molecule has 0 aliphatic carbocycles. The van der Waals surface area contributed by atoms with E-state index >= 15 is 0 Å². The second kappa shape index (κ2) is 5.79. The Hall–Kier alpha value is -0.990. The van der Waals surface area contributed by atoms with Gasteiger partial charge in [-0.05, 0) is 19.3 Å². The first kappa shape index (κ1) is 12.1. The normalized spacial score (nSPS) is 11.0. The number of hydrogen-bond donors (Lipinski definition) is 2. The van der Waals surface area contributed by atoms with Gasteiger partial charge in [0.05, 0.1) is 0 Å². The maximum Gasteiger partial charge on any atom is 0.150 e. The molecular weight excluding hydrogens is 186 g/mol. The fraction of sp³-hybridized carbons (Fsp3) is 0.750. The minimum absolute atomic E-state index is 0.756. The molecule has 0 unspecified atom stereocenters. The lowest BCUT2D eigenvalue weighted by molar-refractivity contribution is 0.518. The number of aromatic nitrogens is 2. The zero-order chi connectivity index (χ0) is 11.3. The van der Waals surface area contributed by atoms with Crippen molar-refractivity contribution >= 4 is 5.82 Å². The average molecular weight is 209 g/mol. The molecule has 0 radical (unpaired) electrons. The van der Waals surface area contributed by atoms with Gasteiger partial charge in [0.2, 0.25) is 0 Å². The van der Waals surface area contributed by atoms with E-state index in [1.54, 1.807) is 0 Å². The molecule has 1 heterocycles. The summed E-state index contributed by atoms with van der Waals surface area (Å²) in [5.41, 5.74) is 2.51. The summed E-state index contributed by atoms with van der Waals surface area (Å²) in [6.45, 7) is 9.78. The number of nitrogens with zero attached hydrogens (tertiary/aromatic N) is 1. The van der Waals surface area contributed by atoms with Gasteiger partial charge in [-0.1, -0.05) is 33.6 Å². The van der Waals surface area contributed by atoms with Gasteiger partial charge in [-0.15, -0.1) is 0 Å². The van der Waals surface area contributed by atoms with E-state index in [1.165, 1.54) is 24.1 Å². The van der Waals surface area contributed by atoms with Crippen molar-refractivity contribution in [3.05, 3.63) is 11.3 Å². The molecule has 1 aromatic heterocycles. The Morgan fingerprint density at radius 1 is 1.27 bits per heavy atom. The lowest BCUT2D eigenvalue weighted by Gasteiger charge is -2.13. The van der Waals surface area contributed by atoms with Crippen molar-refractivity contribution in [2.75, 3.05) is 11.9 Å². The van der Waals surface area contributed by atoms with Crippen LogP contribution in [0.15, 0.2) is 0 Å². The van der Waals surface area contributed by atoms with Crippen LogP contribution in [0.25, 0.3) is 0 Å². The zero-order valence-electron chi connectivity index (χ0n) is 10.4. The summed E-state index contributed by atoms with van der Waals surface area (Å²) in [5.74, 6) is 1.78. The summed E-state index contributed by atoms with van der Waals surface area (Å²) in [7, 11) is 0. The molecular formula is C12H23N3. The Bertz CT molecular complexity index is 287. The summed E-state index contributed by atoms with van der Waals surface area (Å²) in [6, 6.07) is 0. The number of rotatable bonds is 6. The van der Waals surface area contributed by atoms with Gasteiger partial charge < -0.3 is 5.32 Å². The van der Waals surface area contributed by atoms with Crippen LogP contribution in [0, 0.1) is 12.8 Å². The molecule has 0 bridgehead atoms. The highest BCUT2D eigenvalue weighted by atomic mass is 15.2. The van der Waals surface area contributed by atoms with Crippen molar-refractivity contribution in [1.29, 1.82) is 0 Å². The topological polar surface area (TPSA) is 40.7 Å². The van der Waals surface area contributed by atoms with Crippen LogP contribution in [0.5, 0.6) is 0 Å². The fourth-order valence-electron chi connectivity index (χ4n) is 1.77. The SMILES string of the molecule is CCc1[nH]nc(NCC(CC)CC)c1C. The predicted molar refractivity (Wildman–Crippen MR) is 65.3 cm³/mol. The van der Waals surface area contributed by atoms with Crippen LogP contribution in [0.3, 0.4) is 0 Å². The highest BCUT2D eigenvalue weighted by Crippen LogP contribution is 2.16. The molecule has 3 nitrogen and oxygen atoms in total. The summed E-state index contributed by atoms with van der Waals surface area (Å²) >= 11 is 0. The van der Waals surface area contributed by atoms with Crippen LogP contribution in [-0.4, -0.2) is 16.7 Å². The third kappa shape index (κ3) is 2.98. The molecule has 2 N–H and O–H groups in total. The summed E-state index contributed by atoms with van der Waals surface area (Å²) < 4.78 is 0. The zero-order valence-corrected chi connectivity index (χ0v) is 10.4. The Balaban J connectivity index is 2.53. The van der Waals surface area contributed by atoms with Crippen molar-refractivity contribution in [1.82, 2.24) is 10.2 Å². The smallest absolute Gasteiger partial charge is 0.150 e. The third-order valence-corrected chi connectivity index (χ3v) is 3.18.